The van der Waals surface area contributed by atoms with E-state index in [0.717, 1.165) is 19.3 Å². The molecule has 1 aromatic rings. The van der Waals surface area contributed by atoms with Crippen LogP contribution in [0.4, 0.5) is 5.69 Å². The molecule has 0 aliphatic carbocycles. The minimum Gasteiger partial charge on any atom is -0.492 e. The van der Waals surface area contributed by atoms with Crippen molar-refractivity contribution in [2.75, 3.05) is 13.2 Å². The minimum atomic E-state index is -0.509. The number of nitro benzene ring substituents is 1. The van der Waals surface area contributed by atoms with Crippen molar-refractivity contribution in [1.29, 1.82) is 0 Å². The van der Waals surface area contributed by atoms with Gasteiger partial charge >= 0.3 is 5.97 Å². The zero-order chi connectivity index (χ0) is 15.7. The van der Waals surface area contributed by atoms with Crippen LogP contribution in [0.25, 0.3) is 0 Å². The van der Waals surface area contributed by atoms with Crippen molar-refractivity contribution in [3.8, 4) is 5.75 Å². The van der Waals surface area contributed by atoms with E-state index in [-0.39, 0.29) is 16.7 Å². The average molecular weight is 316 g/mol. The first-order valence-corrected chi connectivity index (χ1v) is 7.14. The Balaban J connectivity index is 2.24. The Kier molecular flexibility index (Phi) is 7.53. The zero-order valence-electron chi connectivity index (χ0n) is 11.8. The smallest absolute Gasteiger partial charge is 0.305 e. The monoisotopic (exact) mass is 315 g/mol. The van der Waals surface area contributed by atoms with Gasteiger partial charge in [-0.25, -0.2) is 0 Å². The molecule has 0 aromatic heterocycles. The molecule has 0 saturated carbocycles. The number of nitro groups is 1. The number of unbranched alkanes of at least 4 members (excludes halogenated alkanes) is 2. The fourth-order valence-corrected chi connectivity index (χ4v) is 1.91. The van der Waals surface area contributed by atoms with E-state index in [1.54, 1.807) is 6.92 Å². The molecular weight excluding hydrogens is 298 g/mol. The van der Waals surface area contributed by atoms with Gasteiger partial charge < -0.3 is 9.47 Å². The van der Waals surface area contributed by atoms with Gasteiger partial charge in [0, 0.05) is 18.6 Å². The van der Waals surface area contributed by atoms with Gasteiger partial charge in [0.05, 0.1) is 23.2 Å². The highest BCUT2D eigenvalue weighted by Crippen LogP contribution is 2.28. The van der Waals surface area contributed by atoms with Gasteiger partial charge in [0.1, 0.15) is 5.75 Å². The first-order valence-electron chi connectivity index (χ1n) is 6.77. The number of nitrogens with zero attached hydrogens (tertiary/aromatic N) is 1. The fraction of sp³-hybridized carbons (Fsp3) is 0.500. The maximum Gasteiger partial charge on any atom is 0.305 e. The summed E-state index contributed by atoms with van der Waals surface area (Å²) in [6, 6.07) is 4.10. The summed E-state index contributed by atoms with van der Waals surface area (Å²) in [5, 5.41) is 10.8. The van der Waals surface area contributed by atoms with Gasteiger partial charge in [0.2, 0.25) is 0 Å². The number of benzene rings is 1. The molecule has 0 bridgehead atoms. The third-order valence-electron chi connectivity index (χ3n) is 2.71. The van der Waals surface area contributed by atoms with Crippen molar-refractivity contribution in [2.45, 2.75) is 32.6 Å². The second-order valence-corrected chi connectivity index (χ2v) is 4.74. The van der Waals surface area contributed by atoms with Crippen molar-refractivity contribution in [3.05, 3.63) is 33.3 Å². The lowest BCUT2D eigenvalue weighted by Crippen LogP contribution is -2.04. The van der Waals surface area contributed by atoms with Crippen molar-refractivity contribution < 1.29 is 19.2 Å². The molecule has 0 amide bonds. The summed E-state index contributed by atoms with van der Waals surface area (Å²) in [6.45, 7) is 2.63. The maximum absolute atomic E-state index is 11.1. The van der Waals surface area contributed by atoms with E-state index in [1.165, 1.54) is 18.2 Å². The number of carbonyl (C=O) groups is 1. The predicted molar refractivity (Wildman–Crippen MR) is 78.7 cm³/mol. The molecule has 7 heteroatoms. The number of hydrogen-bond acceptors (Lipinski definition) is 5. The summed E-state index contributed by atoms with van der Waals surface area (Å²) in [5.74, 6) is 0.240. The number of rotatable bonds is 9. The molecule has 1 rings (SSSR count). The van der Waals surface area contributed by atoms with E-state index in [1.807, 2.05) is 0 Å². The number of esters is 1. The van der Waals surface area contributed by atoms with Crippen LogP contribution in [0.1, 0.15) is 32.6 Å². The molecule has 0 radical (unpaired) electrons. The van der Waals surface area contributed by atoms with Crippen LogP contribution in [0, 0.1) is 10.1 Å². The summed E-state index contributed by atoms with van der Waals surface area (Å²) in [6.07, 6.45) is 2.76. The Labute approximate surface area is 128 Å². The van der Waals surface area contributed by atoms with E-state index >= 15 is 0 Å². The largest absolute Gasteiger partial charge is 0.492 e. The summed E-state index contributed by atoms with van der Waals surface area (Å²) >= 11 is 5.90. The fourth-order valence-electron chi connectivity index (χ4n) is 1.68. The molecule has 0 atom stereocenters. The van der Waals surface area contributed by atoms with E-state index in [9.17, 15) is 14.9 Å². The Morgan fingerprint density at radius 1 is 1.33 bits per heavy atom. The van der Waals surface area contributed by atoms with E-state index < -0.39 is 4.92 Å². The third-order valence-corrected chi connectivity index (χ3v) is 3.01. The van der Waals surface area contributed by atoms with Crippen LogP contribution in [0.2, 0.25) is 5.02 Å². The molecule has 0 fully saturated rings. The number of ether oxygens (including phenoxy) is 2. The van der Waals surface area contributed by atoms with Gasteiger partial charge in [-0.3, -0.25) is 14.9 Å². The number of carbonyl (C=O) groups excluding carboxylic acids is 1. The summed E-state index contributed by atoms with van der Waals surface area (Å²) in [4.78, 5) is 21.2. The molecule has 0 saturated heterocycles. The van der Waals surface area contributed by atoms with Gasteiger partial charge in [0.25, 0.3) is 5.69 Å². The summed E-state index contributed by atoms with van der Waals surface area (Å²) in [5.41, 5.74) is -0.0678. The molecule has 21 heavy (non-hydrogen) atoms. The van der Waals surface area contributed by atoms with Crippen molar-refractivity contribution in [2.24, 2.45) is 0 Å². The van der Waals surface area contributed by atoms with Crippen LogP contribution in [-0.4, -0.2) is 24.1 Å². The lowest BCUT2D eigenvalue weighted by molar-refractivity contribution is -0.384. The van der Waals surface area contributed by atoms with Gasteiger partial charge in [-0.15, -0.1) is 0 Å². The molecule has 0 N–H and O–H groups in total. The lowest BCUT2D eigenvalue weighted by Gasteiger charge is -2.07. The molecular formula is C14H18ClNO5. The lowest BCUT2D eigenvalue weighted by atomic mass is 10.2. The Hall–Kier alpha value is -1.82. The number of hydrogen-bond donors (Lipinski definition) is 0. The quantitative estimate of drug-likeness (QED) is 0.300. The molecule has 0 aliphatic rings. The second-order valence-electron chi connectivity index (χ2n) is 4.34. The van der Waals surface area contributed by atoms with Gasteiger partial charge in [-0.1, -0.05) is 11.6 Å². The van der Waals surface area contributed by atoms with Crippen LogP contribution in [0.5, 0.6) is 5.75 Å². The van der Waals surface area contributed by atoms with Crippen LogP contribution in [0.3, 0.4) is 0 Å². The summed E-state index contributed by atoms with van der Waals surface area (Å²) in [7, 11) is 0. The molecule has 0 aliphatic heterocycles. The highest BCUT2D eigenvalue weighted by molar-refractivity contribution is 6.32. The summed E-state index contributed by atoms with van der Waals surface area (Å²) < 4.78 is 10.3. The molecule has 116 valence electrons. The first-order chi connectivity index (χ1) is 10.0. The highest BCUT2D eigenvalue weighted by Gasteiger charge is 2.10. The van der Waals surface area contributed by atoms with Crippen LogP contribution in [-0.2, 0) is 9.53 Å². The number of non-ortho nitro benzene ring substituents is 1. The third kappa shape index (κ3) is 6.44. The maximum atomic E-state index is 11.1. The van der Waals surface area contributed by atoms with E-state index in [4.69, 9.17) is 21.1 Å². The number of halogens is 1. The zero-order valence-corrected chi connectivity index (χ0v) is 12.6. The van der Waals surface area contributed by atoms with Crippen LogP contribution in [0.15, 0.2) is 18.2 Å². The van der Waals surface area contributed by atoms with Gasteiger partial charge in [-0.05, 0) is 32.3 Å². The van der Waals surface area contributed by atoms with Crippen molar-refractivity contribution in [3.63, 3.8) is 0 Å². The molecule has 1 aromatic carbocycles. The van der Waals surface area contributed by atoms with Gasteiger partial charge in [0.15, 0.2) is 0 Å². The van der Waals surface area contributed by atoms with E-state index in [0.29, 0.717) is 25.4 Å². The first kappa shape index (κ1) is 17.2. The normalized spacial score (nSPS) is 10.2. The van der Waals surface area contributed by atoms with E-state index in [2.05, 4.69) is 0 Å². The molecule has 0 spiro atoms. The molecule has 0 unspecified atom stereocenters. The molecule has 0 heterocycles. The molecule has 6 nitrogen and oxygen atoms in total. The SMILES string of the molecule is CCOC(=O)CCCCCOc1ccc([N+](=O)[O-])cc1Cl. The van der Waals surface area contributed by atoms with Crippen LogP contribution < -0.4 is 4.74 Å². The van der Waals surface area contributed by atoms with Crippen molar-refractivity contribution in [1.82, 2.24) is 0 Å². The highest BCUT2D eigenvalue weighted by atomic mass is 35.5. The second kappa shape index (κ2) is 9.18. The average Bonchev–Trinajstić information content (AvgIpc) is 2.44. The Morgan fingerprint density at radius 3 is 2.71 bits per heavy atom. The van der Waals surface area contributed by atoms with Gasteiger partial charge in [-0.2, -0.15) is 0 Å². The van der Waals surface area contributed by atoms with Crippen molar-refractivity contribution >= 4 is 23.3 Å². The Bertz CT molecular complexity index is 492. The van der Waals surface area contributed by atoms with Crippen LogP contribution >= 0.6 is 11.6 Å². The predicted octanol–water partition coefficient (Wildman–Crippen LogP) is 3.75. The standard InChI is InChI=1S/C14H18ClNO5/c1-2-20-14(17)6-4-3-5-9-21-13-8-7-11(16(18)19)10-12(13)15/h7-8,10H,2-6,9H2,1H3. The minimum absolute atomic E-state index is 0.0678. The topological polar surface area (TPSA) is 78.7 Å². The Morgan fingerprint density at radius 2 is 2.10 bits per heavy atom.